The number of aromatic nitrogens is 1. The number of hydrogen-bond donors (Lipinski definition) is 1. The van der Waals surface area contributed by atoms with Crippen LogP contribution < -0.4 is 10.1 Å². The van der Waals surface area contributed by atoms with E-state index in [0.717, 1.165) is 17.0 Å². The highest BCUT2D eigenvalue weighted by Crippen LogP contribution is 2.30. The van der Waals surface area contributed by atoms with Gasteiger partial charge in [-0.3, -0.25) is 4.79 Å². The second kappa shape index (κ2) is 6.24. The molecule has 0 aliphatic rings. The van der Waals surface area contributed by atoms with Crippen molar-refractivity contribution >= 4 is 34.0 Å². The van der Waals surface area contributed by atoms with E-state index in [4.69, 9.17) is 16.3 Å². The lowest BCUT2D eigenvalue weighted by molar-refractivity contribution is -0.117. The molecule has 1 aromatic carbocycles. The van der Waals surface area contributed by atoms with Gasteiger partial charge in [-0.1, -0.05) is 23.7 Å². The number of amides is 1. The molecule has 0 radical (unpaired) electrons. The van der Waals surface area contributed by atoms with Crippen LogP contribution >= 0.6 is 23.1 Å². The van der Waals surface area contributed by atoms with Crippen molar-refractivity contribution in [2.24, 2.45) is 0 Å². The summed E-state index contributed by atoms with van der Waals surface area (Å²) in [5.41, 5.74) is 1.64. The molecule has 6 heteroatoms. The maximum atomic E-state index is 12.2. The average molecular weight is 311 g/mol. The standard InChI is InChI=1S/C14H15ClN2O2S/c1-8(10-4-6-11(19-3)7-5-10)13(18)16-14-12(15)9(2)17-20-14/h4-8H,1-3H3,(H,16,18). The molecular formula is C14H15ClN2O2S. The van der Waals surface area contributed by atoms with E-state index in [1.165, 1.54) is 11.5 Å². The molecule has 2 aromatic rings. The van der Waals surface area contributed by atoms with Gasteiger partial charge in [-0.15, -0.1) is 0 Å². The van der Waals surface area contributed by atoms with Gasteiger partial charge in [0.1, 0.15) is 10.8 Å². The van der Waals surface area contributed by atoms with Gasteiger partial charge < -0.3 is 10.1 Å². The molecule has 0 aliphatic heterocycles. The number of halogens is 1. The zero-order chi connectivity index (χ0) is 14.7. The summed E-state index contributed by atoms with van der Waals surface area (Å²) < 4.78 is 9.20. The first-order valence-electron chi connectivity index (χ1n) is 6.09. The van der Waals surface area contributed by atoms with Crippen LogP contribution in [0.3, 0.4) is 0 Å². The van der Waals surface area contributed by atoms with Gasteiger partial charge in [-0.25, -0.2) is 0 Å². The highest BCUT2D eigenvalue weighted by molar-refractivity contribution is 7.11. The van der Waals surface area contributed by atoms with Crippen LogP contribution in [0.4, 0.5) is 5.00 Å². The molecule has 1 heterocycles. The van der Waals surface area contributed by atoms with E-state index < -0.39 is 0 Å². The van der Waals surface area contributed by atoms with Gasteiger partial charge in [0.05, 0.1) is 23.7 Å². The first kappa shape index (κ1) is 14.8. The highest BCUT2D eigenvalue weighted by Gasteiger charge is 2.18. The second-order valence-corrected chi connectivity index (χ2v) is 5.55. The molecule has 4 nitrogen and oxygen atoms in total. The molecule has 1 unspecified atom stereocenters. The minimum Gasteiger partial charge on any atom is -0.497 e. The number of carbonyl (C=O) groups is 1. The summed E-state index contributed by atoms with van der Waals surface area (Å²) >= 11 is 7.25. The molecule has 0 spiro atoms. The number of anilines is 1. The maximum absolute atomic E-state index is 12.2. The predicted molar refractivity (Wildman–Crippen MR) is 81.9 cm³/mol. The largest absolute Gasteiger partial charge is 0.497 e. The summed E-state index contributed by atoms with van der Waals surface area (Å²) in [7, 11) is 1.61. The summed E-state index contributed by atoms with van der Waals surface area (Å²) in [6.45, 7) is 3.65. The van der Waals surface area contributed by atoms with Gasteiger partial charge in [0.25, 0.3) is 0 Å². The van der Waals surface area contributed by atoms with Gasteiger partial charge in [0.15, 0.2) is 0 Å². The number of benzene rings is 1. The smallest absolute Gasteiger partial charge is 0.232 e. The first-order valence-corrected chi connectivity index (χ1v) is 7.24. The lowest BCUT2D eigenvalue weighted by Crippen LogP contribution is -2.18. The Morgan fingerprint density at radius 1 is 1.40 bits per heavy atom. The minimum atomic E-state index is -0.278. The highest BCUT2D eigenvalue weighted by atomic mass is 35.5. The van der Waals surface area contributed by atoms with Crippen molar-refractivity contribution in [1.82, 2.24) is 4.37 Å². The zero-order valence-electron chi connectivity index (χ0n) is 11.4. The molecule has 0 aliphatic carbocycles. The molecule has 0 fully saturated rings. The summed E-state index contributed by atoms with van der Waals surface area (Å²) in [6, 6.07) is 7.43. The van der Waals surface area contributed by atoms with Crippen LogP contribution in [-0.4, -0.2) is 17.4 Å². The second-order valence-electron chi connectivity index (χ2n) is 4.40. The molecule has 20 heavy (non-hydrogen) atoms. The lowest BCUT2D eigenvalue weighted by Gasteiger charge is -2.12. The molecule has 106 valence electrons. The summed E-state index contributed by atoms with van der Waals surface area (Å²) in [6.07, 6.45) is 0. The van der Waals surface area contributed by atoms with E-state index in [-0.39, 0.29) is 11.8 Å². The fourth-order valence-electron chi connectivity index (χ4n) is 1.70. The quantitative estimate of drug-likeness (QED) is 0.933. The fourth-order valence-corrected chi connectivity index (χ4v) is 2.64. The van der Waals surface area contributed by atoms with Gasteiger partial charge in [-0.05, 0) is 43.1 Å². The number of nitrogens with zero attached hydrogens (tertiary/aromatic N) is 1. The SMILES string of the molecule is COc1ccc(C(C)C(=O)Nc2snc(C)c2Cl)cc1. The van der Waals surface area contributed by atoms with Crippen LogP contribution in [-0.2, 0) is 4.79 Å². The van der Waals surface area contributed by atoms with Crippen LogP contribution in [0.1, 0.15) is 24.1 Å². The van der Waals surface area contributed by atoms with Crippen LogP contribution in [0, 0.1) is 6.92 Å². The number of ether oxygens (including phenoxy) is 1. The van der Waals surface area contributed by atoms with Crippen molar-refractivity contribution in [3.8, 4) is 5.75 Å². The van der Waals surface area contributed by atoms with E-state index >= 15 is 0 Å². The van der Waals surface area contributed by atoms with Gasteiger partial charge >= 0.3 is 0 Å². The summed E-state index contributed by atoms with van der Waals surface area (Å²) in [4.78, 5) is 12.2. The molecule has 0 bridgehead atoms. The Bertz CT molecular complexity index is 610. The molecule has 1 aromatic heterocycles. The Hall–Kier alpha value is -1.59. The molecule has 0 saturated heterocycles. The minimum absolute atomic E-state index is 0.110. The Kier molecular flexibility index (Phi) is 4.62. The van der Waals surface area contributed by atoms with Crippen LogP contribution in [0.15, 0.2) is 24.3 Å². The molecule has 1 atom stereocenters. The third kappa shape index (κ3) is 3.11. The third-order valence-electron chi connectivity index (χ3n) is 3.04. The maximum Gasteiger partial charge on any atom is 0.232 e. The van der Waals surface area contributed by atoms with Crippen molar-refractivity contribution in [1.29, 1.82) is 0 Å². The number of nitrogens with one attached hydrogen (secondary N) is 1. The number of methoxy groups -OCH3 is 1. The summed E-state index contributed by atoms with van der Waals surface area (Å²) in [5, 5.41) is 3.91. The number of rotatable bonds is 4. The van der Waals surface area contributed by atoms with E-state index in [0.29, 0.717) is 10.0 Å². The normalized spacial score (nSPS) is 12.0. The van der Waals surface area contributed by atoms with Crippen LogP contribution in [0.2, 0.25) is 5.02 Å². The van der Waals surface area contributed by atoms with Crippen LogP contribution in [0.25, 0.3) is 0 Å². The number of carbonyl (C=O) groups excluding carboxylic acids is 1. The van der Waals surface area contributed by atoms with Crippen molar-refractivity contribution in [2.75, 3.05) is 12.4 Å². The number of aryl methyl sites for hydroxylation is 1. The van der Waals surface area contributed by atoms with E-state index in [9.17, 15) is 4.79 Å². The van der Waals surface area contributed by atoms with Crippen molar-refractivity contribution < 1.29 is 9.53 Å². The van der Waals surface area contributed by atoms with Crippen LogP contribution in [0.5, 0.6) is 5.75 Å². The van der Waals surface area contributed by atoms with Crippen molar-refractivity contribution in [3.05, 3.63) is 40.5 Å². The fraction of sp³-hybridized carbons (Fsp3) is 0.286. The van der Waals surface area contributed by atoms with E-state index in [1.54, 1.807) is 14.0 Å². The topological polar surface area (TPSA) is 51.2 Å². The van der Waals surface area contributed by atoms with Gasteiger partial charge in [0, 0.05) is 0 Å². The summed E-state index contributed by atoms with van der Waals surface area (Å²) in [5.74, 6) is 0.377. The molecular weight excluding hydrogens is 296 g/mol. The van der Waals surface area contributed by atoms with Crippen molar-refractivity contribution in [2.45, 2.75) is 19.8 Å². The zero-order valence-corrected chi connectivity index (χ0v) is 13.0. The molecule has 1 amide bonds. The molecule has 1 N–H and O–H groups in total. The van der Waals surface area contributed by atoms with E-state index in [2.05, 4.69) is 9.69 Å². The monoisotopic (exact) mass is 310 g/mol. The Morgan fingerprint density at radius 3 is 2.55 bits per heavy atom. The number of hydrogen-bond acceptors (Lipinski definition) is 4. The van der Waals surface area contributed by atoms with Gasteiger partial charge in [0.2, 0.25) is 5.91 Å². The third-order valence-corrected chi connectivity index (χ3v) is 4.47. The molecule has 0 saturated carbocycles. The lowest BCUT2D eigenvalue weighted by atomic mass is 10.0. The van der Waals surface area contributed by atoms with E-state index in [1.807, 2.05) is 31.2 Å². The average Bonchev–Trinajstić information content (AvgIpc) is 2.78. The first-order chi connectivity index (χ1) is 9.52. The van der Waals surface area contributed by atoms with Gasteiger partial charge in [-0.2, -0.15) is 4.37 Å². The molecule has 2 rings (SSSR count). The Labute approximate surface area is 126 Å². The Morgan fingerprint density at radius 2 is 2.05 bits per heavy atom. The van der Waals surface area contributed by atoms with Crippen molar-refractivity contribution in [3.63, 3.8) is 0 Å². The Balaban J connectivity index is 2.09. The predicted octanol–water partition coefficient (Wildman–Crippen LogP) is 3.86.